The highest BCUT2D eigenvalue weighted by molar-refractivity contribution is 6.17. The van der Waals surface area contributed by atoms with Crippen LogP contribution in [0, 0.1) is 5.41 Å². The number of hydrogen-bond acceptors (Lipinski definition) is 0. The van der Waals surface area contributed by atoms with Gasteiger partial charge >= 0.3 is 0 Å². The van der Waals surface area contributed by atoms with Crippen LogP contribution < -0.4 is 0 Å². The fourth-order valence-electron chi connectivity index (χ4n) is 0.250. The molecular formula is C7H13B. The minimum Gasteiger partial charge on any atom is -0.132 e. The van der Waals surface area contributed by atoms with Gasteiger partial charge in [0.05, 0.1) is 0 Å². The van der Waals surface area contributed by atoms with Crippen LogP contribution in [0.3, 0.4) is 0 Å². The molecule has 0 fully saturated rings. The molecule has 0 spiro atoms. The Kier molecular flexibility index (Phi) is 2.33. The molecular weight excluding hydrogens is 94.9 g/mol. The van der Waals surface area contributed by atoms with Crippen LogP contribution in [-0.4, -0.2) is 7.85 Å². The van der Waals surface area contributed by atoms with Gasteiger partial charge in [-0.05, 0) is 12.3 Å². The van der Waals surface area contributed by atoms with E-state index >= 15 is 0 Å². The lowest BCUT2D eigenvalue weighted by Gasteiger charge is -2.18. The summed E-state index contributed by atoms with van der Waals surface area (Å²) in [6.07, 6.45) is 0. The molecule has 0 nitrogen and oxygen atoms in total. The zero-order valence-corrected chi connectivity index (χ0v) is 6.15. The van der Waals surface area contributed by atoms with Gasteiger partial charge in [-0.3, -0.25) is 0 Å². The maximum atomic E-state index is 5.30. The van der Waals surface area contributed by atoms with Gasteiger partial charge in [0.15, 0.2) is 0 Å². The van der Waals surface area contributed by atoms with E-state index in [1.165, 1.54) is 5.57 Å². The molecule has 8 heavy (non-hydrogen) atoms. The van der Waals surface area contributed by atoms with Crippen LogP contribution in [-0.2, 0) is 0 Å². The van der Waals surface area contributed by atoms with Crippen molar-refractivity contribution in [2.75, 3.05) is 0 Å². The third-order valence-corrected chi connectivity index (χ3v) is 1.43. The first-order valence-corrected chi connectivity index (χ1v) is 2.87. The largest absolute Gasteiger partial charge is 0.132 e. The van der Waals surface area contributed by atoms with E-state index in [1.54, 1.807) is 5.98 Å². The standard InChI is InChI=1S/C7H13B/c1-6(5-8)7(2,3)4/h5H,1-4H3. The van der Waals surface area contributed by atoms with E-state index in [2.05, 4.69) is 20.8 Å². The lowest BCUT2D eigenvalue weighted by Crippen LogP contribution is -2.05. The third kappa shape index (κ3) is 2.20. The molecule has 0 bridgehead atoms. The molecule has 1 heteroatoms. The number of allylic oxidation sites excluding steroid dienone is 1. The van der Waals surface area contributed by atoms with Gasteiger partial charge in [0.25, 0.3) is 0 Å². The molecule has 0 aromatic carbocycles. The van der Waals surface area contributed by atoms with E-state index in [1.807, 2.05) is 6.92 Å². The zero-order chi connectivity index (χ0) is 6.78. The van der Waals surface area contributed by atoms with Gasteiger partial charge in [-0.15, -0.1) is 5.98 Å². The highest BCUT2D eigenvalue weighted by Crippen LogP contribution is 2.22. The predicted octanol–water partition coefficient (Wildman–Crippen LogP) is 2.10. The van der Waals surface area contributed by atoms with Gasteiger partial charge in [0, 0.05) is 0 Å². The Morgan fingerprint density at radius 1 is 1.38 bits per heavy atom. The molecule has 0 aliphatic rings. The van der Waals surface area contributed by atoms with Gasteiger partial charge in [-0.2, -0.15) is 0 Å². The summed E-state index contributed by atoms with van der Waals surface area (Å²) >= 11 is 0. The average Bonchev–Trinajstić information content (AvgIpc) is 1.62. The zero-order valence-electron chi connectivity index (χ0n) is 6.15. The molecule has 0 heterocycles. The summed E-state index contributed by atoms with van der Waals surface area (Å²) in [6.45, 7) is 8.48. The van der Waals surface area contributed by atoms with Crippen LogP contribution in [0.2, 0.25) is 0 Å². The van der Waals surface area contributed by atoms with Crippen molar-refractivity contribution in [3.63, 3.8) is 0 Å². The summed E-state index contributed by atoms with van der Waals surface area (Å²) in [5.74, 6) is 1.67. The van der Waals surface area contributed by atoms with E-state index in [-0.39, 0.29) is 5.41 Å². The Balaban J connectivity index is 4.03. The summed E-state index contributed by atoms with van der Waals surface area (Å²) in [4.78, 5) is 0. The highest BCUT2D eigenvalue weighted by Gasteiger charge is 2.09. The molecule has 0 saturated heterocycles. The fourth-order valence-corrected chi connectivity index (χ4v) is 0.250. The third-order valence-electron chi connectivity index (χ3n) is 1.43. The van der Waals surface area contributed by atoms with Crippen molar-refractivity contribution in [3.8, 4) is 0 Å². The summed E-state index contributed by atoms with van der Waals surface area (Å²) in [6, 6.07) is 0. The molecule has 0 aliphatic carbocycles. The Hall–Kier alpha value is -0.195. The SMILES string of the molecule is [B]C=C(C)C(C)(C)C. The van der Waals surface area contributed by atoms with E-state index in [0.717, 1.165) is 0 Å². The van der Waals surface area contributed by atoms with Crippen LogP contribution in [0.1, 0.15) is 27.7 Å². The molecule has 0 aromatic rings. The van der Waals surface area contributed by atoms with Crippen molar-refractivity contribution >= 4 is 7.85 Å². The van der Waals surface area contributed by atoms with E-state index in [0.29, 0.717) is 0 Å². The molecule has 0 N–H and O–H groups in total. The summed E-state index contributed by atoms with van der Waals surface area (Å²) < 4.78 is 0. The minimum absolute atomic E-state index is 0.245. The maximum absolute atomic E-state index is 5.30. The first-order chi connectivity index (χ1) is 3.48. The van der Waals surface area contributed by atoms with Crippen molar-refractivity contribution in [1.29, 1.82) is 0 Å². The normalized spacial score (nSPS) is 14.2. The number of rotatable bonds is 0. The van der Waals surface area contributed by atoms with E-state index < -0.39 is 0 Å². The van der Waals surface area contributed by atoms with Crippen molar-refractivity contribution in [3.05, 3.63) is 11.5 Å². The first kappa shape index (κ1) is 7.80. The molecule has 0 atom stereocenters. The second-order valence-corrected chi connectivity index (χ2v) is 3.10. The Morgan fingerprint density at radius 3 is 1.75 bits per heavy atom. The summed E-state index contributed by atoms with van der Waals surface area (Å²) in [5.41, 5.74) is 1.48. The second kappa shape index (κ2) is 2.39. The molecule has 2 radical (unpaired) electrons. The molecule has 44 valence electrons. The first-order valence-electron chi connectivity index (χ1n) is 2.87. The lowest BCUT2D eigenvalue weighted by atomic mass is 9.84. The van der Waals surface area contributed by atoms with Gasteiger partial charge in [0.2, 0.25) is 0 Å². The van der Waals surface area contributed by atoms with E-state index in [4.69, 9.17) is 7.85 Å². The topological polar surface area (TPSA) is 0 Å². The van der Waals surface area contributed by atoms with Gasteiger partial charge in [-0.1, -0.05) is 26.3 Å². The van der Waals surface area contributed by atoms with Crippen molar-refractivity contribution in [1.82, 2.24) is 0 Å². The quantitative estimate of drug-likeness (QED) is 0.417. The lowest BCUT2D eigenvalue weighted by molar-refractivity contribution is 0.505. The monoisotopic (exact) mass is 108 g/mol. The molecule has 0 saturated carbocycles. The summed E-state index contributed by atoms with van der Waals surface area (Å²) in [5, 5.41) is 0. The van der Waals surface area contributed by atoms with Crippen LogP contribution >= 0.6 is 0 Å². The van der Waals surface area contributed by atoms with Crippen molar-refractivity contribution in [2.45, 2.75) is 27.7 Å². The van der Waals surface area contributed by atoms with Crippen molar-refractivity contribution in [2.24, 2.45) is 5.41 Å². The Morgan fingerprint density at radius 2 is 1.75 bits per heavy atom. The fraction of sp³-hybridized carbons (Fsp3) is 0.714. The van der Waals surface area contributed by atoms with Crippen LogP contribution in [0.25, 0.3) is 0 Å². The highest BCUT2D eigenvalue weighted by atomic mass is 14.1. The minimum atomic E-state index is 0.245. The van der Waals surface area contributed by atoms with Crippen LogP contribution in [0.15, 0.2) is 11.5 Å². The Bertz CT molecular complexity index is 95.4. The second-order valence-electron chi connectivity index (χ2n) is 3.10. The van der Waals surface area contributed by atoms with Crippen LogP contribution in [0.5, 0.6) is 0 Å². The van der Waals surface area contributed by atoms with Gasteiger partial charge in [0.1, 0.15) is 7.85 Å². The Labute approximate surface area is 53.4 Å². The molecule has 0 amide bonds. The van der Waals surface area contributed by atoms with E-state index in [9.17, 15) is 0 Å². The average molecular weight is 108 g/mol. The maximum Gasteiger partial charge on any atom is 0.102 e. The smallest absolute Gasteiger partial charge is 0.102 e. The number of hydrogen-bond donors (Lipinski definition) is 0. The molecule has 0 aromatic heterocycles. The predicted molar refractivity (Wildman–Crippen MR) is 39.0 cm³/mol. The molecule has 0 unspecified atom stereocenters. The molecule has 0 rings (SSSR count). The molecule has 0 aliphatic heterocycles. The summed E-state index contributed by atoms with van der Waals surface area (Å²) in [7, 11) is 5.30. The van der Waals surface area contributed by atoms with Gasteiger partial charge in [-0.25, -0.2) is 0 Å². The van der Waals surface area contributed by atoms with Crippen LogP contribution in [0.4, 0.5) is 0 Å². The van der Waals surface area contributed by atoms with Crippen molar-refractivity contribution < 1.29 is 0 Å². The van der Waals surface area contributed by atoms with Gasteiger partial charge < -0.3 is 0 Å².